The number of aliphatic imine (C=N–C) groups is 1. The molecule has 2 rings (SSSR count). The standard InChI is InChI=1S/C20H35N5O3S/c1-4-28-16-8-7-11-22-20(21-2)23-17-18-9-5-6-10-19(18)29(26,27)25-14-12-24(3)13-15-25/h5-6,9-10H,4,7-8,11-17H2,1-3H3,(H2,21,22,23). The summed E-state index contributed by atoms with van der Waals surface area (Å²) in [6, 6.07) is 7.18. The highest BCUT2D eigenvalue weighted by molar-refractivity contribution is 7.89. The van der Waals surface area contributed by atoms with Crippen LogP contribution < -0.4 is 10.6 Å². The Bertz CT molecular complexity index is 746. The predicted octanol–water partition coefficient (Wildman–Crippen LogP) is 1.10. The van der Waals surface area contributed by atoms with E-state index in [-0.39, 0.29) is 0 Å². The average Bonchev–Trinajstić information content (AvgIpc) is 2.73. The van der Waals surface area contributed by atoms with Gasteiger partial charge < -0.3 is 20.3 Å². The molecule has 0 aromatic heterocycles. The van der Waals surface area contributed by atoms with Crippen LogP contribution in [0.25, 0.3) is 0 Å². The van der Waals surface area contributed by atoms with Crippen molar-refractivity contribution in [3.8, 4) is 0 Å². The largest absolute Gasteiger partial charge is 0.382 e. The van der Waals surface area contributed by atoms with E-state index in [0.29, 0.717) is 30.5 Å². The summed E-state index contributed by atoms with van der Waals surface area (Å²) in [6.07, 6.45) is 1.97. The van der Waals surface area contributed by atoms with Crippen LogP contribution in [0.2, 0.25) is 0 Å². The second-order valence-corrected chi connectivity index (χ2v) is 8.98. The zero-order chi connectivity index (χ0) is 21.1. The number of sulfonamides is 1. The van der Waals surface area contributed by atoms with Crippen molar-refractivity contribution in [3.05, 3.63) is 29.8 Å². The number of hydrogen-bond acceptors (Lipinski definition) is 5. The third-order valence-corrected chi connectivity index (χ3v) is 6.93. The molecule has 1 aromatic carbocycles. The Labute approximate surface area is 175 Å². The van der Waals surface area contributed by atoms with E-state index >= 15 is 0 Å². The van der Waals surface area contributed by atoms with Crippen LogP contribution in [0.3, 0.4) is 0 Å². The van der Waals surface area contributed by atoms with Crippen molar-refractivity contribution in [3.63, 3.8) is 0 Å². The van der Waals surface area contributed by atoms with E-state index in [1.165, 1.54) is 0 Å². The lowest BCUT2D eigenvalue weighted by Crippen LogP contribution is -2.47. The summed E-state index contributed by atoms with van der Waals surface area (Å²) >= 11 is 0. The van der Waals surface area contributed by atoms with Crippen LogP contribution >= 0.6 is 0 Å². The van der Waals surface area contributed by atoms with Gasteiger partial charge in [-0.2, -0.15) is 4.31 Å². The molecule has 1 aromatic rings. The molecule has 0 amide bonds. The molecule has 1 fully saturated rings. The second-order valence-electron chi connectivity index (χ2n) is 7.07. The number of benzene rings is 1. The van der Waals surface area contributed by atoms with Crippen molar-refractivity contribution in [1.29, 1.82) is 0 Å². The Hall–Kier alpha value is -1.68. The smallest absolute Gasteiger partial charge is 0.243 e. The molecule has 0 saturated carbocycles. The van der Waals surface area contributed by atoms with E-state index < -0.39 is 10.0 Å². The average molecular weight is 426 g/mol. The molecular formula is C20H35N5O3S. The second kappa shape index (κ2) is 12.1. The third-order valence-electron chi connectivity index (χ3n) is 4.93. The molecule has 0 unspecified atom stereocenters. The molecule has 0 aliphatic carbocycles. The SMILES string of the molecule is CCOCCCCNC(=NC)NCc1ccccc1S(=O)(=O)N1CCN(C)CC1. The Morgan fingerprint density at radius 1 is 1.14 bits per heavy atom. The van der Waals surface area contributed by atoms with Crippen LogP contribution in [0.15, 0.2) is 34.2 Å². The summed E-state index contributed by atoms with van der Waals surface area (Å²) in [7, 11) is 0.214. The number of ether oxygens (including phenoxy) is 1. The lowest BCUT2D eigenvalue weighted by atomic mass is 10.2. The molecule has 29 heavy (non-hydrogen) atoms. The Morgan fingerprint density at radius 2 is 1.86 bits per heavy atom. The van der Waals surface area contributed by atoms with Gasteiger partial charge in [0.05, 0.1) is 4.90 Å². The van der Waals surface area contributed by atoms with Crippen LogP contribution in [0.1, 0.15) is 25.3 Å². The molecule has 1 heterocycles. The van der Waals surface area contributed by atoms with Gasteiger partial charge in [0, 0.05) is 59.5 Å². The molecule has 164 valence electrons. The zero-order valence-corrected chi connectivity index (χ0v) is 18.7. The first-order chi connectivity index (χ1) is 14.0. The fraction of sp³-hybridized carbons (Fsp3) is 0.650. The molecule has 9 heteroatoms. The Morgan fingerprint density at radius 3 is 2.55 bits per heavy atom. The fourth-order valence-corrected chi connectivity index (χ4v) is 4.79. The first kappa shape index (κ1) is 23.6. The third kappa shape index (κ3) is 7.26. The summed E-state index contributed by atoms with van der Waals surface area (Å²) in [5.74, 6) is 0.660. The number of nitrogens with zero attached hydrogens (tertiary/aromatic N) is 3. The summed E-state index contributed by atoms with van der Waals surface area (Å²) in [6.45, 7) is 7.21. The van der Waals surface area contributed by atoms with Gasteiger partial charge in [0.1, 0.15) is 0 Å². The highest BCUT2D eigenvalue weighted by Gasteiger charge is 2.29. The Kier molecular flexibility index (Phi) is 9.86. The van der Waals surface area contributed by atoms with Crippen LogP contribution in [-0.4, -0.2) is 83.6 Å². The van der Waals surface area contributed by atoms with E-state index in [9.17, 15) is 8.42 Å². The predicted molar refractivity (Wildman–Crippen MR) is 117 cm³/mol. The lowest BCUT2D eigenvalue weighted by molar-refractivity contribution is 0.143. The normalized spacial score (nSPS) is 16.7. The highest BCUT2D eigenvalue weighted by atomic mass is 32.2. The van der Waals surface area contributed by atoms with Crippen LogP contribution in [-0.2, 0) is 21.3 Å². The minimum absolute atomic E-state index is 0.365. The monoisotopic (exact) mass is 425 g/mol. The van der Waals surface area contributed by atoms with E-state index in [2.05, 4.69) is 20.5 Å². The first-order valence-corrected chi connectivity index (χ1v) is 11.7. The fourth-order valence-electron chi connectivity index (χ4n) is 3.15. The number of hydrogen-bond donors (Lipinski definition) is 2. The van der Waals surface area contributed by atoms with Gasteiger partial charge >= 0.3 is 0 Å². The van der Waals surface area contributed by atoms with Gasteiger partial charge in [-0.3, -0.25) is 4.99 Å². The molecule has 0 radical (unpaired) electrons. The first-order valence-electron chi connectivity index (χ1n) is 10.3. The van der Waals surface area contributed by atoms with Gasteiger partial charge in [-0.25, -0.2) is 8.42 Å². The molecule has 0 atom stereocenters. The lowest BCUT2D eigenvalue weighted by Gasteiger charge is -2.32. The van der Waals surface area contributed by atoms with Gasteiger partial charge in [-0.15, -0.1) is 0 Å². The number of unbranched alkanes of at least 4 members (excludes halogenated alkanes) is 1. The molecule has 1 aliphatic heterocycles. The van der Waals surface area contributed by atoms with Gasteiger partial charge in [-0.05, 0) is 38.4 Å². The van der Waals surface area contributed by atoms with Crippen LogP contribution in [0.5, 0.6) is 0 Å². The van der Waals surface area contributed by atoms with Crippen molar-refractivity contribution >= 4 is 16.0 Å². The van der Waals surface area contributed by atoms with Gasteiger partial charge in [0.15, 0.2) is 5.96 Å². The quantitative estimate of drug-likeness (QED) is 0.332. The Balaban J connectivity index is 1.94. The number of nitrogens with one attached hydrogen (secondary N) is 2. The van der Waals surface area contributed by atoms with Gasteiger partial charge in [0.25, 0.3) is 0 Å². The van der Waals surface area contributed by atoms with E-state index in [0.717, 1.165) is 51.3 Å². The maximum atomic E-state index is 13.1. The minimum atomic E-state index is -3.51. The molecule has 0 spiro atoms. The summed E-state index contributed by atoms with van der Waals surface area (Å²) in [5, 5.41) is 6.49. The minimum Gasteiger partial charge on any atom is -0.382 e. The van der Waals surface area contributed by atoms with Crippen molar-refractivity contribution in [1.82, 2.24) is 19.8 Å². The maximum Gasteiger partial charge on any atom is 0.243 e. The van der Waals surface area contributed by atoms with Gasteiger partial charge in [-0.1, -0.05) is 18.2 Å². The summed E-state index contributed by atoms with van der Waals surface area (Å²) < 4.78 is 33.2. The van der Waals surface area contributed by atoms with E-state index in [1.807, 2.05) is 26.1 Å². The topological polar surface area (TPSA) is 86.3 Å². The molecule has 2 N–H and O–H groups in total. The zero-order valence-electron chi connectivity index (χ0n) is 17.9. The van der Waals surface area contributed by atoms with Crippen LogP contribution in [0.4, 0.5) is 0 Å². The highest BCUT2D eigenvalue weighted by Crippen LogP contribution is 2.21. The van der Waals surface area contributed by atoms with E-state index in [4.69, 9.17) is 4.74 Å². The number of guanidine groups is 1. The number of likely N-dealkylation sites (N-methyl/N-ethyl adjacent to an activating group) is 1. The van der Waals surface area contributed by atoms with E-state index in [1.54, 1.807) is 23.5 Å². The molecule has 0 bridgehead atoms. The molecule has 1 saturated heterocycles. The molecule has 1 aliphatic rings. The number of rotatable bonds is 10. The van der Waals surface area contributed by atoms with Crippen LogP contribution in [0, 0.1) is 0 Å². The number of piperazine rings is 1. The van der Waals surface area contributed by atoms with Gasteiger partial charge in [0.2, 0.25) is 10.0 Å². The van der Waals surface area contributed by atoms with Crippen molar-refractivity contribution in [2.75, 3.05) is 60.0 Å². The maximum absolute atomic E-state index is 13.1. The van der Waals surface area contributed by atoms with Crippen molar-refractivity contribution in [2.45, 2.75) is 31.2 Å². The van der Waals surface area contributed by atoms with Crippen molar-refractivity contribution < 1.29 is 13.2 Å². The summed E-state index contributed by atoms with van der Waals surface area (Å²) in [5.41, 5.74) is 0.741. The van der Waals surface area contributed by atoms with Crippen molar-refractivity contribution in [2.24, 2.45) is 4.99 Å². The summed E-state index contributed by atoms with van der Waals surface area (Å²) in [4.78, 5) is 6.73. The molecule has 8 nitrogen and oxygen atoms in total. The molecular weight excluding hydrogens is 390 g/mol.